The van der Waals surface area contributed by atoms with Gasteiger partial charge in [-0.25, -0.2) is 5.43 Å². The standard InChI is InChI=1S/C12H23N3/c1-5-11(14-13)12(15(3)4)8-6-10(2)7-9-12/h1,10-11,14H,6-9,13H2,2-4H3. The summed E-state index contributed by atoms with van der Waals surface area (Å²) in [6.45, 7) is 2.31. The lowest BCUT2D eigenvalue weighted by Crippen LogP contribution is -2.61. The van der Waals surface area contributed by atoms with E-state index >= 15 is 0 Å². The maximum absolute atomic E-state index is 5.55. The van der Waals surface area contributed by atoms with Gasteiger partial charge in [-0.05, 0) is 45.7 Å². The quantitative estimate of drug-likeness (QED) is 0.413. The van der Waals surface area contributed by atoms with Gasteiger partial charge in [0.2, 0.25) is 0 Å². The molecule has 1 saturated carbocycles. The summed E-state index contributed by atoms with van der Waals surface area (Å²) in [4.78, 5) is 2.24. The first-order chi connectivity index (χ1) is 7.06. The van der Waals surface area contributed by atoms with Gasteiger partial charge in [0, 0.05) is 5.54 Å². The smallest absolute Gasteiger partial charge is 0.0997 e. The second kappa shape index (κ2) is 4.98. The van der Waals surface area contributed by atoms with Crippen LogP contribution in [-0.4, -0.2) is 30.6 Å². The second-order valence-electron chi connectivity index (χ2n) is 4.95. The van der Waals surface area contributed by atoms with Gasteiger partial charge in [-0.2, -0.15) is 0 Å². The number of hydrogen-bond donors (Lipinski definition) is 2. The zero-order valence-electron chi connectivity index (χ0n) is 10.1. The fourth-order valence-electron chi connectivity index (χ4n) is 2.61. The molecule has 3 nitrogen and oxygen atoms in total. The van der Waals surface area contributed by atoms with Crippen molar-refractivity contribution < 1.29 is 0 Å². The van der Waals surface area contributed by atoms with E-state index in [9.17, 15) is 0 Å². The Bertz CT molecular complexity index is 234. The van der Waals surface area contributed by atoms with Crippen molar-refractivity contribution in [2.24, 2.45) is 11.8 Å². The number of hydrazine groups is 1. The monoisotopic (exact) mass is 209 g/mol. The van der Waals surface area contributed by atoms with E-state index in [1.807, 2.05) is 0 Å². The molecule has 0 aromatic heterocycles. The summed E-state index contributed by atoms with van der Waals surface area (Å²) in [6, 6.07) is -0.0556. The lowest BCUT2D eigenvalue weighted by molar-refractivity contribution is 0.0619. The zero-order valence-corrected chi connectivity index (χ0v) is 10.1. The van der Waals surface area contributed by atoms with Gasteiger partial charge in [0.05, 0.1) is 6.04 Å². The van der Waals surface area contributed by atoms with E-state index in [4.69, 9.17) is 12.3 Å². The summed E-state index contributed by atoms with van der Waals surface area (Å²) in [5.74, 6) is 9.15. The second-order valence-corrected chi connectivity index (χ2v) is 4.95. The Kier molecular flexibility index (Phi) is 4.15. The molecular formula is C12H23N3. The molecule has 1 aliphatic rings. The lowest BCUT2D eigenvalue weighted by atomic mass is 9.72. The highest BCUT2D eigenvalue weighted by atomic mass is 15.3. The van der Waals surface area contributed by atoms with Crippen LogP contribution in [0.3, 0.4) is 0 Å². The molecule has 15 heavy (non-hydrogen) atoms. The number of hydrogen-bond acceptors (Lipinski definition) is 3. The highest BCUT2D eigenvalue weighted by molar-refractivity contribution is 5.13. The van der Waals surface area contributed by atoms with E-state index in [1.165, 1.54) is 12.8 Å². The molecule has 0 bridgehead atoms. The average molecular weight is 209 g/mol. The molecule has 3 N–H and O–H groups in total. The van der Waals surface area contributed by atoms with Crippen molar-refractivity contribution in [3.05, 3.63) is 0 Å². The summed E-state index contributed by atoms with van der Waals surface area (Å²) in [5, 5.41) is 0. The maximum Gasteiger partial charge on any atom is 0.0997 e. The topological polar surface area (TPSA) is 41.3 Å². The maximum atomic E-state index is 5.55. The number of nitrogens with two attached hydrogens (primary N) is 1. The summed E-state index contributed by atoms with van der Waals surface area (Å²) in [5.41, 5.74) is 2.82. The van der Waals surface area contributed by atoms with Gasteiger partial charge in [-0.15, -0.1) is 6.42 Å². The van der Waals surface area contributed by atoms with Crippen LogP contribution in [0, 0.1) is 18.3 Å². The van der Waals surface area contributed by atoms with Crippen LogP contribution >= 0.6 is 0 Å². The van der Waals surface area contributed by atoms with Crippen LogP contribution in [0.1, 0.15) is 32.6 Å². The van der Waals surface area contributed by atoms with Crippen LogP contribution in [0.4, 0.5) is 0 Å². The van der Waals surface area contributed by atoms with Crippen molar-refractivity contribution in [3.63, 3.8) is 0 Å². The summed E-state index contributed by atoms with van der Waals surface area (Å²) < 4.78 is 0. The molecule has 1 rings (SSSR count). The molecular weight excluding hydrogens is 186 g/mol. The van der Waals surface area contributed by atoms with Crippen LogP contribution < -0.4 is 11.3 Å². The molecule has 0 amide bonds. The first kappa shape index (κ1) is 12.5. The minimum atomic E-state index is -0.0556. The molecule has 0 saturated heterocycles. The molecule has 86 valence electrons. The Morgan fingerprint density at radius 2 is 2.00 bits per heavy atom. The van der Waals surface area contributed by atoms with E-state index in [1.54, 1.807) is 0 Å². The minimum absolute atomic E-state index is 0.0377. The lowest BCUT2D eigenvalue weighted by Gasteiger charge is -2.47. The fraction of sp³-hybridized carbons (Fsp3) is 0.833. The Morgan fingerprint density at radius 3 is 2.33 bits per heavy atom. The van der Waals surface area contributed by atoms with Crippen LogP contribution in [0.15, 0.2) is 0 Å². The van der Waals surface area contributed by atoms with Gasteiger partial charge in [-0.1, -0.05) is 12.8 Å². The molecule has 0 spiro atoms. The first-order valence-electron chi connectivity index (χ1n) is 5.66. The Hall–Kier alpha value is -0.560. The molecule has 0 radical (unpaired) electrons. The molecule has 0 aromatic rings. The van der Waals surface area contributed by atoms with E-state index in [0.717, 1.165) is 18.8 Å². The van der Waals surface area contributed by atoms with E-state index in [2.05, 4.69) is 37.3 Å². The number of nitrogens with one attached hydrogen (secondary N) is 1. The van der Waals surface area contributed by atoms with Crippen molar-refractivity contribution in [2.45, 2.75) is 44.2 Å². The van der Waals surface area contributed by atoms with E-state index in [0.29, 0.717) is 0 Å². The van der Waals surface area contributed by atoms with Gasteiger partial charge in [0.1, 0.15) is 0 Å². The minimum Gasteiger partial charge on any atom is -0.301 e. The highest BCUT2D eigenvalue weighted by Gasteiger charge is 2.41. The van der Waals surface area contributed by atoms with Crippen molar-refractivity contribution in [3.8, 4) is 12.3 Å². The van der Waals surface area contributed by atoms with Crippen LogP contribution in [-0.2, 0) is 0 Å². The third kappa shape index (κ3) is 2.34. The SMILES string of the molecule is C#CC(NN)C1(N(C)C)CCC(C)CC1. The predicted octanol–water partition coefficient (Wildman–Crippen LogP) is 0.962. The van der Waals surface area contributed by atoms with Gasteiger partial charge in [0.25, 0.3) is 0 Å². The Balaban J connectivity index is 2.85. The molecule has 1 unspecified atom stereocenters. The number of rotatable bonds is 3. The van der Waals surface area contributed by atoms with Crippen molar-refractivity contribution >= 4 is 0 Å². The fourth-order valence-corrected chi connectivity index (χ4v) is 2.61. The molecule has 1 aliphatic carbocycles. The number of terminal acetylenes is 1. The number of nitrogens with zero attached hydrogens (tertiary/aromatic N) is 1. The summed E-state index contributed by atoms with van der Waals surface area (Å²) in [7, 11) is 4.19. The Labute approximate surface area is 93.4 Å². The number of likely N-dealkylation sites (N-methyl/N-ethyl adjacent to an activating group) is 1. The predicted molar refractivity (Wildman–Crippen MR) is 64.0 cm³/mol. The van der Waals surface area contributed by atoms with Crippen LogP contribution in [0.2, 0.25) is 0 Å². The van der Waals surface area contributed by atoms with Crippen molar-refractivity contribution in [2.75, 3.05) is 14.1 Å². The van der Waals surface area contributed by atoms with Gasteiger partial charge in [-0.3, -0.25) is 5.84 Å². The molecule has 0 aliphatic heterocycles. The summed E-state index contributed by atoms with van der Waals surface area (Å²) in [6.07, 6.45) is 10.3. The van der Waals surface area contributed by atoms with E-state index < -0.39 is 0 Å². The third-order valence-corrected chi connectivity index (χ3v) is 3.90. The molecule has 3 heteroatoms. The van der Waals surface area contributed by atoms with Gasteiger partial charge < -0.3 is 4.90 Å². The zero-order chi connectivity index (χ0) is 11.5. The molecule has 0 heterocycles. The molecule has 1 atom stereocenters. The third-order valence-electron chi connectivity index (χ3n) is 3.90. The van der Waals surface area contributed by atoms with Crippen molar-refractivity contribution in [1.29, 1.82) is 0 Å². The first-order valence-corrected chi connectivity index (χ1v) is 5.66. The normalized spacial score (nSPS) is 33.7. The largest absolute Gasteiger partial charge is 0.301 e. The van der Waals surface area contributed by atoms with Crippen LogP contribution in [0.5, 0.6) is 0 Å². The highest BCUT2D eigenvalue weighted by Crippen LogP contribution is 2.37. The van der Waals surface area contributed by atoms with E-state index in [-0.39, 0.29) is 11.6 Å². The molecule has 0 aromatic carbocycles. The summed E-state index contributed by atoms with van der Waals surface area (Å²) >= 11 is 0. The molecule has 1 fully saturated rings. The van der Waals surface area contributed by atoms with Gasteiger partial charge >= 0.3 is 0 Å². The average Bonchev–Trinajstić information content (AvgIpc) is 2.22. The Morgan fingerprint density at radius 1 is 1.47 bits per heavy atom. The van der Waals surface area contributed by atoms with Crippen LogP contribution in [0.25, 0.3) is 0 Å². The van der Waals surface area contributed by atoms with Crippen molar-refractivity contribution in [1.82, 2.24) is 10.3 Å². The van der Waals surface area contributed by atoms with Gasteiger partial charge in [0.15, 0.2) is 0 Å².